The van der Waals surface area contributed by atoms with E-state index in [0.717, 1.165) is 11.3 Å². The Morgan fingerprint density at radius 3 is 2.50 bits per heavy atom. The number of likely N-dealkylation sites (N-methyl/N-ethyl adjacent to an activating group) is 1. The van der Waals surface area contributed by atoms with E-state index in [0.29, 0.717) is 18.7 Å². The largest absolute Gasteiger partial charge is 0.383 e. The number of nitrogens with zero attached hydrogens (tertiary/aromatic N) is 3. The van der Waals surface area contributed by atoms with E-state index in [-0.39, 0.29) is 17.3 Å². The predicted octanol–water partition coefficient (Wildman–Crippen LogP) is 4.82. The van der Waals surface area contributed by atoms with E-state index >= 15 is 4.39 Å². The second kappa shape index (κ2) is 7.59. The summed E-state index contributed by atoms with van der Waals surface area (Å²) in [6, 6.07) is 16.1. The molecule has 1 aliphatic rings. The van der Waals surface area contributed by atoms with Crippen molar-refractivity contribution in [1.29, 1.82) is 0 Å². The number of benzene rings is 2. The number of rotatable bonds is 3. The van der Waals surface area contributed by atoms with E-state index in [2.05, 4.69) is 32.5 Å². The molecule has 0 spiro atoms. The van der Waals surface area contributed by atoms with E-state index in [4.69, 9.17) is 0 Å². The van der Waals surface area contributed by atoms with Crippen molar-refractivity contribution in [3.63, 3.8) is 0 Å². The minimum atomic E-state index is -2.70. The van der Waals surface area contributed by atoms with Gasteiger partial charge in [0.05, 0.1) is 11.7 Å². The number of anilines is 1. The molecular weight excluding hydrogens is 365 g/mol. The Balaban J connectivity index is 1.66. The Labute approximate surface area is 161 Å². The van der Waals surface area contributed by atoms with Crippen LogP contribution >= 0.6 is 0 Å². The fourth-order valence-electron chi connectivity index (χ4n) is 3.51. The van der Waals surface area contributed by atoms with E-state index in [1.165, 1.54) is 12.1 Å². The van der Waals surface area contributed by atoms with Gasteiger partial charge in [-0.15, -0.1) is 10.2 Å². The molecule has 4 nitrogen and oxygen atoms in total. The molecule has 7 heteroatoms. The summed E-state index contributed by atoms with van der Waals surface area (Å²) in [5.41, 5.74) is 2.46. The summed E-state index contributed by atoms with van der Waals surface area (Å²) in [7, 11) is 1.96. The molecule has 28 heavy (non-hydrogen) atoms. The highest BCUT2D eigenvalue weighted by atomic mass is 19.3. The zero-order chi connectivity index (χ0) is 19.7. The lowest BCUT2D eigenvalue weighted by atomic mass is 10.0. The molecule has 2 heterocycles. The normalized spacial score (nSPS) is 17.1. The highest BCUT2D eigenvalue weighted by Gasteiger charge is 2.25. The lowest BCUT2D eigenvalue weighted by molar-refractivity contribution is 0.145. The number of hydrogen-bond acceptors (Lipinski definition) is 4. The van der Waals surface area contributed by atoms with Gasteiger partial charge >= 0.3 is 0 Å². The van der Waals surface area contributed by atoms with Crippen molar-refractivity contribution < 1.29 is 13.2 Å². The van der Waals surface area contributed by atoms with Crippen molar-refractivity contribution in [3.8, 4) is 11.3 Å². The van der Waals surface area contributed by atoms with E-state index in [9.17, 15) is 8.78 Å². The number of alkyl halides is 2. The first kappa shape index (κ1) is 18.4. The topological polar surface area (TPSA) is 41.1 Å². The van der Waals surface area contributed by atoms with Gasteiger partial charge in [-0.3, -0.25) is 4.90 Å². The van der Waals surface area contributed by atoms with Crippen LogP contribution in [0.25, 0.3) is 11.3 Å². The maximum atomic E-state index is 15.3. The van der Waals surface area contributed by atoms with Crippen LogP contribution in [0.15, 0.2) is 54.6 Å². The van der Waals surface area contributed by atoms with Crippen molar-refractivity contribution in [1.82, 2.24) is 15.1 Å². The van der Waals surface area contributed by atoms with Gasteiger partial charge in [-0.05, 0) is 36.9 Å². The highest BCUT2D eigenvalue weighted by Crippen LogP contribution is 2.34. The van der Waals surface area contributed by atoms with Gasteiger partial charge < -0.3 is 5.32 Å². The minimum Gasteiger partial charge on any atom is -0.383 e. The van der Waals surface area contributed by atoms with Crippen molar-refractivity contribution >= 4 is 5.69 Å². The van der Waals surface area contributed by atoms with Gasteiger partial charge in [0.25, 0.3) is 6.43 Å². The van der Waals surface area contributed by atoms with Crippen molar-refractivity contribution in [2.24, 2.45) is 0 Å². The smallest absolute Gasteiger partial charge is 0.282 e. The third-order valence-corrected chi connectivity index (χ3v) is 5.04. The molecule has 144 valence electrons. The Morgan fingerprint density at radius 2 is 1.82 bits per heavy atom. The summed E-state index contributed by atoms with van der Waals surface area (Å²) in [4.78, 5) is 2.09. The van der Waals surface area contributed by atoms with Crippen LogP contribution in [0.5, 0.6) is 0 Å². The van der Waals surface area contributed by atoms with Gasteiger partial charge in [-0.25, -0.2) is 13.2 Å². The maximum Gasteiger partial charge on any atom is 0.282 e. The molecule has 0 fully saturated rings. The van der Waals surface area contributed by atoms with E-state index in [1.54, 1.807) is 12.1 Å². The number of fused-ring (bicyclic) bond motifs is 1. The first-order chi connectivity index (χ1) is 13.5. The van der Waals surface area contributed by atoms with Gasteiger partial charge in [0.15, 0.2) is 0 Å². The Kier molecular flexibility index (Phi) is 5.00. The first-order valence-corrected chi connectivity index (χ1v) is 8.97. The summed E-state index contributed by atoms with van der Waals surface area (Å²) >= 11 is 0. The van der Waals surface area contributed by atoms with Crippen LogP contribution in [0.2, 0.25) is 0 Å². The molecule has 3 aromatic rings. The number of halogens is 3. The fraction of sp³-hybridized carbons (Fsp3) is 0.238. The standard InChI is InChI=1S/C21H19F3N4/c1-28-12-15-16(25-11-19(28)13-5-3-2-4-6-13)8-7-14(20(15)22)17-9-10-18(21(23)24)27-26-17/h2-10,19,21,25H,11-12H2,1H3. The summed E-state index contributed by atoms with van der Waals surface area (Å²) in [5, 5.41) is 10.6. The third-order valence-electron chi connectivity index (χ3n) is 5.04. The summed E-state index contributed by atoms with van der Waals surface area (Å²) in [6.07, 6.45) is -2.70. The third kappa shape index (κ3) is 3.45. The van der Waals surface area contributed by atoms with Crippen LogP contribution in [0, 0.1) is 5.82 Å². The van der Waals surface area contributed by atoms with Gasteiger partial charge in [0.2, 0.25) is 0 Å². The van der Waals surface area contributed by atoms with Gasteiger partial charge in [0.1, 0.15) is 11.5 Å². The summed E-state index contributed by atoms with van der Waals surface area (Å²) < 4.78 is 40.7. The van der Waals surface area contributed by atoms with Crippen molar-refractivity contribution in [2.45, 2.75) is 19.0 Å². The molecule has 1 N–H and O–H groups in total. The second-order valence-corrected chi connectivity index (χ2v) is 6.82. The minimum absolute atomic E-state index is 0.0987. The number of aromatic nitrogens is 2. The molecule has 1 aliphatic heterocycles. The van der Waals surface area contributed by atoms with Crippen LogP contribution in [-0.2, 0) is 6.54 Å². The average molecular weight is 384 g/mol. The number of hydrogen-bond donors (Lipinski definition) is 1. The predicted molar refractivity (Wildman–Crippen MR) is 102 cm³/mol. The van der Waals surface area contributed by atoms with Crippen LogP contribution in [-0.4, -0.2) is 28.7 Å². The van der Waals surface area contributed by atoms with Crippen LogP contribution in [0.3, 0.4) is 0 Å². The molecule has 2 aromatic carbocycles. The second-order valence-electron chi connectivity index (χ2n) is 6.82. The van der Waals surface area contributed by atoms with Gasteiger partial charge in [-0.2, -0.15) is 0 Å². The number of nitrogens with one attached hydrogen (secondary N) is 1. The van der Waals surface area contributed by atoms with Crippen LogP contribution in [0.4, 0.5) is 18.9 Å². The molecule has 0 aliphatic carbocycles. The first-order valence-electron chi connectivity index (χ1n) is 8.97. The fourth-order valence-corrected chi connectivity index (χ4v) is 3.51. The monoisotopic (exact) mass is 384 g/mol. The molecule has 0 saturated heterocycles. The van der Waals surface area contributed by atoms with Crippen LogP contribution in [0.1, 0.15) is 29.3 Å². The SMILES string of the molecule is CN1Cc2c(ccc(-c3ccc(C(F)F)nn3)c2F)NCC1c1ccccc1. The molecule has 0 saturated carbocycles. The molecule has 1 atom stereocenters. The van der Waals surface area contributed by atoms with Gasteiger partial charge in [-0.1, -0.05) is 30.3 Å². The van der Waals surface area contributed by atoms with Crippen molar-refractivity contribution in [2.75, 3.05) is 18.9 Å². The highest BCUT2D eigenvalue weighted by molar-refractivity contribution is 5.67. The molecule has 0 bridgehead atoms. The van der Waals surface area contributed by atoms with Gasteiger partial charge in [0, 0.05) is 29.9 Å². The lowest BCUT2D eigenvalue weighted by Crippen LogP contribution is -2.27. The molecule has 0 amide bonds. The zero-order valence-electron chi connectivity index (χ0n) is 15.2. The molecular formula is C21H19F3N4. The van der Waals surface area contributed by atoms with Crippen LogP contribution < -0.4 is 5.32 Å². The molecule has 1 aromatic heterocycles. The summed E-state index contributed by atoms with van der Waals surface area (Å²) in [6.45, 7) is 1.05. The Bertz CT molecular complexity index is 961. The average Bonchev–Trinajstić information content (AvgIpc) is 2.88. The van der Waals surface area contributed by atoms with E-state index in [1.807, 2.05) is 25.2 Å². The van der Waals surface area contributed by atoms with E-state index < -0.39 is 17.9 Å². The Hall–Kier alpha value is -2.93. The molecule has 0 radical (unpaired) electrons. The lowest BCUT2D eigenvalue weighted by Gasteiger charge is -2.26. The molecule has 4 rings (SSSR count). The summed E-state index contributed by atoms with van der Waals surface area (Å²) in [5.74, 6) is -0.412. The maximum absolute atomic E-state index is 15.3. The quantitative estimate of drug-likeness (QED) is 0.703. The van der Waals surface area contributed by atoms with Crippen molar-refractivity contribution in [3.05, 3.63) is 77.2 Å². The zero-order valence-corrected chi connectivity index (χ0v) is 15.2. The molecule has 1 unspecified atom stereocenters. The Morgan fingerprint density at radius 1 is 1.04 bits per heavy atom.